The summed E-state index contributed by atoms with van der Waals surface area (Å²) in [5, 5.41) is 6.69. The second kappa shape index (κ2) is 12.2. The summed E-state index contributed by atoms with van der Waals surface area (Å²) in [7, 11) is 1.73. The van der Waals surface area contributed by atoms with Crippen LogP contribution in [0.3, 0.4) is 0 Å². The van der Waals surface area contributed by atoms with E-state index in [1.807, 2.05) is 6.07 Å². The molecule has 1 aliphatic rings. The molecule has 0 bridgehead atoms. The summed E-state index contributed by atoms with van der Waals surface area (Å²) in [6, 6.07) is 14.9. The molecule has 2 aromatic carbocycles. The minimum Gasteiger partial charge on any atom is -0.356 e. The van der Waals surface area contributed by atoms with Crippen LogP contribution in [0.25, 0.3) is 0 Å². The molecule has 2 aromatic rings. The van der Waals surface area contributed by atoms with Crippen LogP contribution in [0.2, 0.25) is 0 Å². The largest absolute Gasteiger partial charge is 0.356 e. The van der Waals surface area contributed by atoms with Gasteiger partial charge in [-0.15, -0.1) is 24.0 Å². The van der Waals surface area contributed by atoms with E-state index >= 15 is 0 Å². The van der Waals surface area contributed by atoms with Crippen LogP contribution >= 0.6 is 24.0 Å². The highest BCUT2D eigenvalue weighted by atomic mass is 127. The molecule has 0 radical (unpaired) electrons. The third kappa shape index (κ3) is 7.19. The number of nitrogens with one attached hydrogen (secondary N) is 2. The van der Waals surface area contributed by atoms with Crippen LogP contribution < -0.4 is 10.6 Å². The fourth-order valence-corrected chi connectivity index (χ4v) is 3.84. The molecular weight excluding hydrogens is 497 g/mol. The highest BCUT2D eigenvalue weighted by molar-refractivity contribution is 14.0. The lowest BCUT2D eigenvalue weighted by Crippen LogP contribution is -2.51. The molecule has 164 valence electrons. The Balaban J connectivity index is 0.00000320. The molecular formula is C23H31F2IN4. The van der Waals surface area contributed by atoms with Gasteiger partial charge in [0.15, 0.2) is 5.96 Å². The Morgan fingerprint density at radius 1 is 1.17 bits per heavy atom. The minimum atomic E-state index is -0.417. The number of guanidine groups is 1. The quantitative estimate of drug-likeness (QED) is 0.333. The van der Waals surface area contributed by atoms with Gasteiger partial charge in [-0.3, -0.25) is 9.89 Å². The molecule has 7 heteroatoms. The maximum absolute atomic E-state index is 13.7. The fourth-order valence-electron chi connectivity index (χ4n) is 3.84. The number of piperidine rings is 1. The summed E-state index contributed by atoms with van der Waals surface area (Å²) in [6.45, 7) is 4.75. The van der Waals surface area contributed by atoms with E-state index in [-0.39, 0.29) is 29.8 Å². The van der Waals surface area contributed by atoms with E-state index in [2.05, 4.69) is 51.7 Å². The molecule has 1 saturated heterocycles. The van der Waals surface area contributed by atoms with Gasteiger partial charge in [-0.1, -0.05) is 30.3 Å². The van der Waals surface area contributed by atoms with Crippen molar-refractivity contribution in [3.63, 3.8) is 0 Å². The van der Waals surface area contributed by atoms with Gasteiger partial charge in [0.25, 0.3) is 0 Å². The van der Waals surface area contributed by atoms with Crippen molar-refractivity contribution in [2.45, 2.75) is 44.8 Å². The molecule has 4 nitrogen and oxygen atoms in total. The Bertz CT molecular complexity index is 816. The van der Waals surface area contributed by atoms with Crippen molar-refractivity contribution >= 4 is 29.9 Å². The minimum absolute atomic E-state index is 0. The van der Waals surface area contributed by atoms with Gasteiger partial charge in [-0.05, 0) is 55.5 Å². The number of halogens is 3. The Morgan fingerprint density at radius 2 is 1.93 bits per heavy atom. The van der Waals surface area contributed by atoms with Crippen molar-refractivity contribution in [2.24, 2.45) is 4.99 Å². The van der Waals surface area contributed by atoms with Crippen LogP contribution in [-0.4, -0.2) is 43.1 Å². The normalized spacial score (nSPS) is 19.8. The first-order valence-electron chi connectivity index (χ1n) is 10.2. The van der Waals surface area contributed by atoms with Crippen LogP contribution in [0.5, 0.6) is 0 Å². The number of nitrogens with zero attached hydrogens (tertiary/aromatic N) is 2. The molecule has 3 rings (SSSR count). The number of likely N-dealkylation sites (tertiary alicyclic amines) is 1. The smallest absolute Gasteiger partial charge is 0.191 e. The summed E-state index contributed by atoms with van der Waals surface area (Å²) >= 11 is 0. The Hall–Kier alpha value is -1.74. The average Bonchev–Trinajstić information content (AvgIpc) is 2.72. The van der Waals surface area contributed by atoms with Gasteiger partial charge in [0.1, 0.15) is 11.6 Å². The maximum atomic E-state index is 13.7. The summed E-state index contributed by atoms with van der Waals surface area (Å²) < 4.78 is 27.0. The fraction of sp³-hybridized carbons (Fsp3) is 0.435. The molecule has 0 aliphatic carbocycles. The van der Waals surface area contributed by atoms with E-state index in [4.69, 9.17) is 0 Å². The van der Waals surface area contributed by atoms with Crippen molar-refractivity contribution in [3.8, 4) is 0 Å². The predicted octanol–water partition coefficient (Wildman–Crippen LogP) is 4.34. The number of rotatable bonds is 6. The van der Waals surface area contributed by atoms with Crippen molar-refractivity contribution in [1.82, 2.24) is 15.5 Å². The Labute approximate surface area is 195 Å². The maximum Gasteiger partial charge on any atom is 0.191 e. The lowest BCUT2D eigenvalue weighted by molar-refractivity contribution is 0.134. The number of hydrogen-bond acceptors (Lipinski definition) is 2. The van der Waals surface area contributed by atoms with Crippen LogP contribution in [0.4, 0.5) is 8.78 Å². The zero-order valence-corrected chi connectivity index (χ0v) is 19.9. The van der Waals surface area contributed by atoms with Gasteiger partial charge in [0.2, 0.25) is 0 Å². The number of hydrogen-bond donors (Lipinski definition) is 2. The van der Waals surface area contributed by atoms with Crippen molar-refractivity contribution in [3.05, 3.63) is 71.3 Å². The molecule has 2 unspecified atom stereocenters. The SMILES string of the molecule is CN=C(NCCc1cc(F)ccc1F)NC1CCN(Cc2ccccc2)C(C)C1.I. The zero-order chi connectivity index (χ0) is 20.6. The topological polar surface area (TPSA) is 39.7 Å². The summed E-state index contributed by atoms with van der Waals surface area (Å²) in [5.41, 5.74) is 1.71. The second-order valence-corrected chi connectivity index (χ2v) is 7.66. The average molecular weight is 528 g/mol. The van der Waals surface area contributed by atoms with E-state index in [1.54, 1.807) is 7.05 Å². The molecule has 0 amide bonds. The molecule has 1 fully saturated rings. The van der Waals surface area contributed by atoms with Gasteiger partial charge >= 0.3 is 0 Å². The molecule has 1 aliphatic heterocycles. The van der Waals surface area contributed by atoms with Gasteiger partial charge < -0.3 is 10.6 Å². The molecule has 30 heavy (non-hydrogen) atoms. The lowest BCUT2D eigenvalue weighted by atomic mass is 9.97. The van der Waals surface area contributed by atoms with E-state index in [0.717, 1.165) is 32.0 Å². The predicted molar refractivity (Wildman–Crippen MR) is 129 cm³/mol. The number of benzene rings is 2. The lowest BCUT2D eigenvalue weighted by Gasteiger charge is -2.38. The van der Waals surface area contributed by atoms with Gasteiger partial charge in [-0.25, -0.2) is 8.78 Å². The van der Waals surface area contributed by atoms with E-state index in [9.17, 15) is 8.78 Å². The van der Waals surface area contributed by atoms with Crippen LogP contribution in [0.15, 0.2) is 53.5 Å². The van der Waals surface area contributed by atoms with Gasteiger partial charge in [-0.2, -0.15) is 0 Å². The molecule has 2 atom stereocenters. The molecule has 0 aromatic heterocycles. The molecule has 1 heterocycles. The first-order chi connectivity index (χ1) is 14.0. The van der Waals surface area contributed by atoms with E-state index in [1.165, 1.54) is 17.7 Å². The van der Waals surface area contributed by atoms with Crippen LogP contribution in [-0.2, 0) is 13.0 Å². The van der Waals surface area contributed by atoms with Crippen LogP contribution in [0, 0.1) is 11.6 Å². The highest BCUT2D eigenvalue weighted by Crippen LogP contribution is 2.20. The first kappa shape index (κ1) is 24.5. The van der Waals surface area contributed by atoms with Gasteiger partial charge in [0.05, 0.1) is 0 Å². The van der Waals surface area contributed by atoms with Crippen LogP contribution in [0.1, 0.15) is 30.9 Å². The Kier molecular flexibility index (Phi) is 9.97. The van der Waals surface area contributed by atoms with Crippen molar-refractivity contribution in [1.29, 1.82) is 0 Å². The number of aliphatic imine (C=N–C) groups is 1. The molecule has 2 N–H and O–H groups in total. The highest BCUT2D eigenvalue weighted by Gasteiger charge is 2.25. The second-order valence-electron chi connectivity index (χ2n) is 7.66. The van der Waals surface area contributed by atoms with Gasteiger partial charge in [0, 0.05) is 38.8 Å². The summed E-state index contributed by atoms with van der Waals surface area (Å²) in [5.74, 6) is -0.0913. The van der Waals surface area contributed by atoms with E-state index in [0.29, 0.717) is 36.6 Å². The third-order valence-electron chi connectivity index (χ3n) is 5.50. The first-order valence-corrected chi connectivity index (χ1v) is 10.2. The third-order valence-corrected chi connectivity index (χ3v) is 5.50. The molecule has 0 saturated carbocycles. The molecule has 0 spiro atoms. The van der Waals surface area contributed by atoms with Crippen molar-refractivity contribution < 1.29 is 8.78 Å². The van der Waals surface area contributed by atoms with Crippen molar-refractivity contribution in [2.75, 3.05) is 20.1 Å². The van der Waals surface area contributed by atoms with E-state index < -0.39 is 5.82 Å². The zero-order valence-electron chi connectivity index (χ0n) is 17.6. The standard InChI is InChI=1S/C23H30F2N4.HI/c1-17-14-21(11-13-29(17)16-18-6-4-3-5-7-18)28-23(26-2)27-12-10-19-15-20(24)8-9-22(19)25;/h3-9,15,17,21H,10-14,16H2,1-2H3,(H2,26,27,28);1H. The summed E-state index contributed by atoms with van der Waals surface area (Å²) in [6.07, 6.45) is 2.47. The Morgan fingerprint density at radius 3 is 2.63 bits per heavy atom. The summed E-state index contributed by atoms with van der Waals surface area (Å²) in [4.78, 5) is 6.79. The monoisotopic (exact) mass is 528 g/mol.